The fourth-order valence-corrected chi connectivity index (χ4v) is 11.3. The molecule has 4 fully saturated rings. The van der Waals surface area contributed by atoms with Gasteiger partial charge in [-0.05, 0) is 57.2 Å². The number of amides is 5. The maximum Gasteiger partial charge on any atom is 0.265 e. The van der Waals surface area contributed by atoms with E-state index in [1.165, 1.54) is 12.1 Å². The zero-order valence-corrected chi connectivity index (χ0v) is 36.9. The molecule has 5 heterocycles. The molecule has 15 nitrogen and oxygen atoms in total. The van der Waals surface area contributed by atoms with Crippen LogP contribution in [0, 0.1) is 53.6 Å². The number of nitrogens with zero attached hydrogens (tertiary/aromatic N) is 8. The average molecular weight is 886 g/mol. The number of primary amides is 1. The number of piperidine rings is 2. The number of ether oxygens (including phenoxy) is 1. The van der Waals surface area contributed by atoms with Crippen LogP contribution in [0.2, 0.25) is 5.02 Å². The molecule has 0 bridgehead atoms. The summed E-state index contributed by atoms with van der Waals surface area (Å²) in [5, 5.41) is 9.50. The van der Waals surface area contributed by atoms with Crippen molar-refractivity contribution in [2.45, 2.75) is 85.4 Å². The van der Waals surface area contributed by atoms with E-state index in [-0.39, 0.29) is 34.7 Å². The van der Waals surface area contributed by atoms with Crippen molar-refractivity contribution >= 4 is 52.8 Å². The van der Waals surface area contributed by atoms with E-state index in [0.717, 1.165) is 37.4 Å². The molecular formula is C45H50ClF2N9O6. The number of imide groups is 2. The Balaban J connectivity index is 0.918. The first-order chi connectivity index (χ1) is 29.8. The second kappa shape index (κ2) is 16.1. The standard InChI is InChI=1S/C45H50ClF2N9O6/c1-23-33(37(50)59)24(2)52-43(51-23)55-13-11-25(12-14-55)22-53-15-17-54(18-16-53)31-20-28-34(36(48)35(31)47)40(62)56(38(28)60)30-9-10-32(58)57(39(30)61)41-44(3,4)42(45(41,5)6)63-27-8-7-26(21-49)29(46)19-27/h7-8,19-20,25,30,41-42H,9-18,22H2,1-6H3,(H2,50,59). The third-order valence-electron chi connectivity index (χ3n) is 13.8. The summed E-state index contributed by atoms with van der Waals surface area (Å²) in [5.41, 5.74) is 4.41. The summed E-state index contributed by atoms with van der Waals surface area (Å²) in [5.74, 6) is -5.16. The van der Waals surface area contributed by atoms with Gasteiger partial charge in [-0.2, -0.15) is 5.26 Å². The van der Waals surface area contributed by atoms with E-state index in [1.54, 1.807) is 30.9 Å². The second-order valence-corrected chi connectivity index (χ2v) is 18.9. The van der Waals surface area contributed by atoms with Crippen LogP contribution in [0.25, 0.3) is 0 Å². The van der Waals surface area contributed by atoms with Gasteiger partial charge in [0.2, 0.25) is 11.9 Å². The average Bonchev–Trinajstić information content (AvgIpc) is 3.47. The van der Waals surface area contributed by atoms with E-state index in [2.05, 4.69) is 19.8 Å². The Morgan fingerprint density at radius 1 is 0.889 bits per heavy atom. The number of carbonyl (C=O) groups excluding carboxylic acids is 5. The molecule has 8 rings (SSSR count). The molecule has 1 aromatic heterocycles. The lowest BCUT2D eigenvalue weighted by Gasteiger charge is -2.65. The van der Waals surface area contributed by atoms with E-state index in [0.29, 0.717) is 65.6 Å². The first kappa shape index (κ1) is 43.9. The van der Waals surface area contributed by atoms with Crippen LogP contribution in [-0.2, 0) is 9.59 Å². The minimum Gasteiger partial charge on any atom is -0.489 e. The molecule has 4 aliphatic heterocycles. The van der Waals surface area contributed by atoms with Crippen LogP contribution in [0.5, 0.6) is 5.75 Å². The molecule has 2 N–H and O–H groups in total. The van der Waals surface area contributed by atoms with Gasteiger partial charge >= 0.3 is 0 Å². The summed E-state index contributed by atoms with van der Waals surface area (Å²) < 4.78 is 38.3. The summed E-state index contributed by atoms with van der Waals surface area (Å²) in [6.07, 6.45) is 0.945. The molecule has 0 radical (unpaired) electrons. The summed E-state index contributed by atoms with van der Waals surface area (Å²) in [6, 6.07) is 5.78. The number of hydrogen-bond acceptors (Lipinski definition) is 12. The molecule has 1 aliphatic carbocycles. The second-order valence-electron chi connectivity index (χ2n) is 18.5. The molecule has 1 unspecified atom stereocenters. The van der Waals surface area contributed by atoms with E-state index in [4.69, 9.17) is 22.1 Å². The highest BCUT2D eigenvalue weighted by molar-refractivity contribution is 6.31. The molecule has 332 valence electrons. The number of hydrogen-bond donors (Lipinski definition) is 1. The van der Waals surface area contributed by atoms with Gasteiger partial charge in [-0.1, -0.05) is 39.3 Å². The number of aromatic nitrogens is 2. The van der Waals surface area contributed by atoms with Crippen molar-refractivity contribution < 1.29 is 37.5 Å². The highest BCUT2D eigenvalue weighted by atomic mass is 35.5. The number of piperazine rings is 1. The molecule has 5 aliphatic rings. The molecule has 18 heteroatoms. The zero-order valence-electron chi connectivity index (χ0n) is 36.1. The molecule has 3 aromatic rings. The quantitative estimate of drug-likeness (QED) is 0.283. The maximum absolute atomic E-state index is 16.0. The van der Waals surface area contributed by atoms with Crippen molar-refractivity contribution in [2.24, 2.45) is 22.5 Å². The third-order valence-corrected chi connectivity index (χ3v) is 14.1. The lowest BCUT2D eigenvalue weighted by Crippen LogP contribution is -2.77. The molecule has 3 saturated heterocycles. The van der Waals surface area contributed by atoms with Gasteiger partial charge in [-0.25, -0.2) is 18.7 Å². The van der Waals surface area contributed by atoms with Gasteiger partial charge in [-0.15, -0.1) is 0 Å². The Kier molecular flexibility index (Phi) is 11.2. The van der Waals surface area contributed by atoms with Gasteiger partial charge in [-0.3, -0.25) is 38.7 Å². The van der Waals surface area contributed by atoms with Crippen LogP contribution in [0.1, 0.15) is 101 Å². The smallest absolute Gasteiger partial charge is 0.265 e. The molecule has 1 saturated carbocycles. The minimum absolute atomic E-state index is 0.130. The van der Waals surface area contributed by atoms with Crippen LogP contribution >= 0.6 is 11.6 Å². The lowest BCUT2D eigenvalue weighted by atomic mass is 9.48. The van der Waals surface area contributed by atoms with Crippen molar-refractivity contribution in [3.63, 3.8) is 0 Å². The number of aryl methyl sites for hydroxylation is 2. The lowest BCUT2D eigenvalue weighted by molar-refractivity contribution is -0.216. The van der Waals surface area contributed by atoms with Crippen molar-refractivity contribution in [1.82, 2.24) is 24.7 Å². The highest BCUT2D eigenvalue weighted by Crippen LogP contribution is 2.58. The van der Waals surface area contributed by atoms with E-state index in [1.807, 2.05) is 33.8 Å². The predicted molar refractivity (Wildman–Crippen MR) is 227 cm³/mol. The number of anilines is 2. The van der Waals surface area contributed by atoms with Crippen LogP contribution < -0.4 is 20.3 Å². The summed E-state index contributed by atoms with van der Waals surface area (Å²) >= 11 is 6.25. The van der Waals surface area contributed by atoms with Crippen molar-refractivity contribution in [2.75, 3.05) is 55.6 Å². The maximum atomic E-state index is 16.0. The fourth-order valence-electron chi connectivity index (χ4n) is 11.1. The van der Waals surface area contributed by atoms with Gasteiger partial charge in [0.25, 0.3) is 23.6 Å². The summed E-state index contributed by atoms with van der Waals surface area (Å²) in [4.78, 5) is 84.7. The molecule has 0 spiro atoms. The number of carbonyl (C=O) groups is 5. The van der Waals surface area contributed by atoms with Gasteiger partial charge in [0.1, 0.15) is 24.0 Å². The van der Waals surface area contributed by atoms with Gasteiger partial charge in [0, 0.05) is 69.1 Å². The fraction of sp³-hybridized carbons (Fsp3) is 0.511. The number of benzene rings is 2. The number of rotatable bonds is 9. The normalized spacial score (nSPS) is 23.8. The van der Waals surface area contributed by atoms with E-state index < -0.39 is 75.8 Å². The number of likely N-dealkylation sites (tertiary alicyclic amines) is 1. The van der Waals surface area contributed by atoms with E-state index >= 15 is 8.78 Å². The Bertz CT molecular complexity index is 2460. The minimum atomic E-state index is -1.45. The Hall–Kier alpha value is -5.73. The van der Waals surface area contributed by atoms with E-state index in [9.17, 15) is 29.2 Å². The first-order valence-corrected chi connectivity index (χ1v) is 21.6. The van der Waals surface area contributed by atoms with Crippen molar-refractivity contribution in [3.05, 3.63) is 74.6 Å². The predicted octanol–water partition coefficient (Wildman–Crippen LogP) is 5.03. The number of nitriles is 1. The summed E-state index contributed by atoms with van der Waals surface area (Å²) in [7, 11) is 0. The van der Waals surface area contributed by atoms with Crippen LogP contribution in [-0.4, -0.2) is 118 Å². The van der Waals surface area contributed by atoms with Gasteiger partial charge < -0.3 is 20.3 Å². The zero-order chi connectivity index (χ0) is 45.4. The first-order valence-electron chi connectivity index (χ1n) is 21.3. The SMILES string of the molecule is Cc1nc(N2CCC(CN3CCN(c4cc5c(c(F)c4F)C(=O)N(C4CCC(=O)N(C6C(C)(C)C(Oc7ccc(C#N)c(Cl)c7)C6(C)C)C4=O)C5=O)CC3)CC2)nc(C)c1C(N)=O. The molecule has 1 atom stereocenters. The van der Waals surface area contributed by atoms with Crippen LogP contribution in [0.4, 0.5) is 20.4 Å². The number of halogens is 3. The largest absolute Gasteiger partial charge is 0.489 e. The molecule has 63 heavy (non-hydrogen) atoms. The topological polar surface area (TPSA) is 186 Å². The van der Waals surface area contributed by atoms with Gasteiger partial charge in [0.05, 0.1) is 50.4 Å². The Morgan fingerprint density at radius 2 is 1.52 bits per heavy atom. The highest BCUT2D eigenvalue weighted by Gasteiger charge is 2.68. The van der Waals surface area contributed by atoms with Crippen molar-refractivity contribution in [3.8, 4) is 11.8 Å². The number of nitrogens with two attached hydrogens (primary N) is 1. The van der Waals surface area contributed by atoms with Gasteiger partial charge in [0.15, 0.2) is 11.6 Å². The molecule has 2 aromatic carbocycles. The molecular weight excluding hydrogens is 836 g/mol. The van der Waals surface area contributed by atoms with Crippen LogP contribution in [0.3, 0.4) is 0 Å². The summed E-state index contributed by atoms with van der Waals surface area (Å²) in [6.45, 7) is 15.0. The Labute approximate surface area is 369 Å². The third kappa shape index (κ3) is 7.34. The molecule has 5 amide bonds. The van der Waals surface area contributed by atoms with Crippen LogP contribution in [0.15, 0.2) is 24.3 Å². The monoisotopic (exact) mass is 885 g/mol. The Morgan fingerprint density at radius 3 is 2.11 bits per heavy atom. The van der Waals surface area contributed by atoms with Crippen molar-refractivity contribution in [1.29, 1.82) is 5.26 Å². The number of fused-ring (bicyclic) bond motifs is 1.